The molecule has 4 rings (SSSR count). The van der Waals surface area contributed by atoms with Gasteiger partial charge in [0.05, 0.1) is 0 Å². The van der Waals surface area contributed by atoms with Crippen LogP contribution in [0.2, 0.25) is 0 Å². The molecule has 146 valence electrons. The number of benzene rings is 1. The Balaban J connectivity index is 1.37. The molecule has 28 heavy (non-hydrogen) atoms. The zero-order valence-electron chi connectivity index (χ0n) is 16.0. The molecule has 7 heteroatoms. The number of carbonyl (C=O) groups is 2. The van der Waals surface area contributed by atoms with Crippen molar-refractivity contribution in [3.63, 3.8) is 0 Å². The number of carbonyl (C=O) groups excluding carboxylic acids is 2. The van der Waals surface area contributed by atoms with Gasteiger partial charge in [-0.3, -0.25) is 4.79 Å². The molecule has 2 aliphatic rings. The first-order valence-electron chi connectivity index (χ1n) is 9.76. The third-order valence-electron chi connectivity index (χ3n) is 5.40. The molecule has 1 aromatic carbocycles. The molecule has 3 heterocycles. The molecule has 0 aliphatic carbocycles. The van der Waals surface area contributed by atoms with E-state index in [1.807, 2.05) is 52.3 Å². The third-order valence-corrected chi connectivity index (χ3v) is 5.40. The Hall–Kier alpha value is -3.09. The van der Waals surface area contributed by atoms with E-state index in [9.17, 15) is 9.59 Å². The van der Waals surface area contributed by atoms with Crippen molar-refractivity contribution in [1.82, 2.24) is 9.88 Å². The summed E-state index contributed by atoms with van der Waals surface area (Å²) < 4.78 is 0. The SMILES string of the molecule is C[C@H]1CCC(=O)N1c1cccc(NC(=O)N2CCN(c3ccccn3)CC2)c1. The molecule has 0 saturated carbocycles. The van der Waals surface area contributed by atoms with Gasteiger partial charge in [-0.25, -0.2) is 9.78 Å². The minimum atomic E-state index is -0.112. The van der Waals surface area contributed by atoms with Crippen molar-refractivity contribution in [2.24, 2.45) is 0 Å². The number of urea groups is 1. The van der Waals surface area contributed by atoms with Crippen LogP contribution in [-0.2, 0) is 4.79 Å². The van der Waals surface area contributed by atoms with Crippen LogP contribution < -0.4 is 15.1 Å². The molecule has 0 spiro atoms. The lowest BCUT2D eigenvalue weighted by Crippen LogP contribution is -2.50. The number of aromatic nitrogens is 1. The highest BCUT2D eigenvalue weighted by Crippen LogP contribution is 2.28. The van der Waals surface area contributed by atoms with Gasteiger partial charge < -0.3 is 20.0 Å². The first-order valence-corrected chi connectivity index (χ1v) is 9.76. The standard InChI is InChI=1S/C21H25N5O2/c1-16-8-9-20(27)26(16)18-6-4-5-17(15-18)23-21(28)25-13-11-24(12-14-25)19-7-2-3-10-22-19/h2-7,10,15-16H,8-9,11-14H2,1H3,(H,23,28)/t16-/m0/s1. The van der Waals surface area contributed by atoms with E-state index in [0.29, 0.717) is 25.2 Å². The Morgan fingerprint density at radius 2 is 1.93 bits per heavy atom. The van der Waals surface area contributed by atoms with Crippen LogP contribution in [0.25, 0.3) is 0 Å². The molecule has 2 aliphatic heterocycles. The molecule has 7 nitrogen and oxygen atoms in total. The van der Waals surface area contributed by atoms with Gasteiger partial charge in [0.25, 0.3) is 0 Å². The summed E-state index contributed by atoms with van der Waals surface area (Å²) in [4.78, 5) is 35.0. The number of rotatable bonds is 3. The molecule has 0 radical (unpaired) electrons. The van der Waals surface area contributed by atoms with Gasteiger partial charge in [-0.15, -0.1) is 0 Å². The second kappa shape index (κ2) is 7.88. The lowest BCUT2D eigenvalue weighted by Gasteiger charge is -2.35. The summed E-state index contributed by atoms with van der Waals surface area (Å²) in [6.45, 7) is 4.85. The first kappa shape index (κ1) is 18.3. The predicted octanol–water partition coefficient (Wildman–Crippen LogP) is 2.95. The Bertz CT molecular complexity index is 849. The van der Waals surface area contributed by atoms with Gasteiger partial charge in [-0.05, 0) is 43.7 Å². The van der Waals surface area contributed by atoms with E-state index in [4.69, 9.17) is 0 Å². The number of pyridine rings is 1. The fourth-order valence-corrected chi connectivity index (χ4v) is 3.84. The molecule has 1 N–H and O–H groups in total. The van der Waals surface area contributed by atoms with Crippen LogP contribution in [0.4, 0.5) is 22.0 Å². The van der Waals surface area contributed by atoms with E-state index >= 15 is 0 Å². The fraction of sp³-hybridized carbons (Fsp3) is 0.381. The molecule has 1 atom stereocenters. The average Bonchev–Trinajstić information content (AvgIpc) is 3.07. The van der Waals surface area contributed by atoms with Crippen LogP contribution in [0.15, 0.2) is 48.7 Å². The number of piperazine rings is 1. The van der Waals surface area contributed by atoms with Crippen LogP contribution >= 0.6 is 0 Å². The van der Waals surface area contributed by atoms with Gasteiger partial charge in [0.15, 0.2) is 0 Å². The molecular weight excluding hydrogens is 354 g/mol. The molecule has 0 unspecified atom stereocenters. The van der Waals surface area contributed by atoms with Crippen molar-refractivity contribution < 1.29 is 9.59 Å². The maximum atomic E-state index is 12.7. The molecule has 2 fully saturated rings. The summed E-state index contributed by atoms with van der Waals surface area (Å²) in [5, 5.41) is 2.97. The van der Waals surface area contributed by atoms with E-state index in [-0.39, 0.29) is 18.0 Å². The van der Waals surface area contributed by atoms with E-state index in [0.717, 1.165) is 31.0 Å². The second-order valence-electron chi connectivity index (χ2n) is 7.29. The van der Waals surface area contributed by atoms with Gasteiger partial charge >= 0.3 is 6.03 Å². The summed E-state index contributed by atoms with van der Waals surface area (Å²) in [7, 11) is 0. The van der Waals surface area contributed by atoms with Crippen LogP contribution in [0.3, 0.4) is 0 Å². The first-order chi connectivity index (χ1) is 13.6. The largest absolute Gasteiger partial charge is 0.353 e. The lowest BCUT2D eigenvalue weighted by atomic mass is 10.2. The number of hydrogen-bond donors (Lipinski definition) is 1. The zero-order valence-corrected chi connectivity index (χ0v) is 16.0. The van der Waals surface area contributed by atoms with Gasteiger partial charge in [0, 0.05) is 56.2 Å². The minimum absolute atomic E-state index is 0.112. The van der Waals surface area contributed by atoms with Crippen molar-refractivity contribution >= 4 is 29.1 Å². The zero-order chi connectivity index (χ0) is 19.5. The van der Waals surface area contributed by atoms with Crippen LogP contribution in [-0.4, -0.2) is 54.0 Å². The highest BCUT2D eigenvalue weighted by Gasteiger charge is 2.29. The number of hydrogen-bond acceptors (Lipinski definition) is 4. The van der Waals surface area contributed by atoms with Crippen molar-refractivity contribution in [2.75, 3.05) is 41.3 Å². The minimum Gasteiger partial charge on any atom is -0.353 e. The Labute approximate surface area is 164 Å². The lowest BCUT2D eigenvalue weighted by molar-refractivity contribution is -0.117. The Kier molecular flexibility index (Phi) is 5.14. The molecule has 2 aromatic rings. The second-order valence-corrected chi connectivity index (χ2v) is 7.29. The normalized spacial score (nSPS) is 19.8. The van der Waals surface area contributed by atoms with Crippen molar-refractivity contribution in [3.8, 4) is 0 Å². The number of nitrogens with zero attached hydrogens (tertiary/aromatic N) is 4. The quantitative estimate of drug-likeness (QED) is 0.890. The molecule has 2 saturated heterocycles. The third kappa shape index (κ3) is 3.78. The smallest absolute Gasteiger partial charge is 0.321 e. The topological polar surface area (TPSA) is 68.8 Å². The number of anilines is 3. The summed E-state index contributed by atoms with van der Waals surface area (Å²) in [5.41, 5.74) is 1.55. The molecule has 1 aromatic heterocycles. The number of nitrogens with one attached hydrogen (secondary N) is 1. The summed E-state index contributed by atoms with van der Waals surface area (Å²) >= 11 is 0. The van der Waals surface area contributed by atoms with Crippen molar-refractivity contribution in [1.29, 1.82) is 0 Å². The van der Waals surface area contributed by atoms with E-state index in [1.165, 1.54) is 0 Å². The maximum Gasteiger partial charge on any atom is 0.321 e. The van der Waals surface area contributed by atoms with Crippen molar-refractivity contribution in [3.05, 3.63) is 48.7 Å². The average molecular weight is 379 g/mol. The van der Waals surface area contributed by atoms with Gasteiger partial charge in [0.1, 0.15) is 5.82 Å². The molecule has 3 amide bonds. The highest BCUT2D eigenvalue weighted by molar-refractivity contribution is 5.97. The van der Waals surface area contributed by atoms with Crippen LogP contribution in [0.1, 0.15) is 19.8 Å². The Morgan fingerprint density at radius 3 is 2.61 bits per heavy atom. The monoisotopic (exact) mass is 379 g/mol. The van der Waals surface area contributed by atoms with E-state index in [2.05, 4.69) is 22.1 Å². The van der Waals surface area contributed by atoms with Crippen LogP contribution in [0, 0.1) is 0 Å². The predicted molar refractivity (Wildman–Crippen MR) is 110 cm³/mol. The molecular formula is C21H25N5O2. The van der Waals surface area contributed by atoms with Crippen molar-refractivity contribution in [2.45, 2.75) is 25.8 Å². The van der Waals surface area contributed by atoms with Gasteiger partial charge in [-0.1, -0.05) is 12.1 Å². The van der Waals surface area contributed by atoms with Crippen LogP contribution in [0.5, 0.6) is 0 Å². The van der Waals surface area contributed by atoms with E-state index < -0.39 is 0 Å². The van der Waals surface area contributed by atoms with E-state index in [1.54, 1.807) is 6.20 Å². The molecule has 0 bridgehead atoms. The van der Waals surface area contributed by atoms with Gasteiger partial charge in [-0.2, -0.15) is 0 Å². The summed E-state index contributed by atoms with van der Waals surface area (Å²) in [5.74, 6) is 1.08. The maximum absolute atomic E-state index is 12.7. The number of amides is 3. The summed E-state index contributed by atoms with van der Waals surface area (Å²) in [6, 6.07) is 13.5. The Morgan fingerprint density at radius 1 is 1.11 bits per heavy atom. The van der Waals surface area contributed by atoms with Gasteiger partial charge in [0.2, 0.25) is 5.91 Å². The highest BCUT2D eigenvalue weighted by atomic mass is 16.2. The fourth-order valence-electron chi connectivity index (χ4n) is 3.84. The summed E-state index contributed by atoms with van der Waals surface area (Å²) in [6.07, 6.45) is 3.24.